The van der Waals surface area contributed by atoms with Crippen LogP contribution in [0.5, 0.6) is 0 Å². The summed E-state index contributed by atoms with van der Waals surface area (Å²) < 4.78 is 0. The number of hydrogen-bond acceptors (Lipinski definition) is 2. The zero-order valence-electron chi connectivity index (χ0n) is 13.4. The van der Waals surface area contributed by atoms with Crippen LogP contribution in [0.3, 0.4) is 0 Å². The third-order valence-corrected chi connectivity index (χ3v) is 5.21. The Morgan fingerprint density at radius 3 is 2.22 bits per heavy atom. The van der Waals surface area contributed by atoms with Gasteiger partial charge in [0, 0.05) is 18.1 Å². The van der Waals surface area contributed by atoms with Crippen molar-refractivity contribution in [2.45, 2.75) is 77.9 Å². The summed E-state index contributed by atoms with van der Waals surface area (Å²) in [5.74, 6) is 1.75. The predicted octanol–water partition coefficient (Wildman–Crippen LogP) is 3.52. The van der Waals surface area contributed by atoms with Crippen molar-refractivity contribution >= 4 is 0 Å². The van der Waals surface area contributed by atoms with Crippen LogP contribution in [0.4, 0.5) is 0 Å². The van der Waals surface area contributed by atoms with Crippen molar-refractivity contribution in [3.05, 3.63) is 0 Å². The Labute approximate surface area is 115 Å². The highest BCUT2D eigenvalue weighted by molar-refractivity contribution is 4.92. The summed E-state index contributed by atoms with van der Waals surface area (Å²) in [4.78, 5) is 2.66. The molecular weight excluding hydrogens is 220 g/mol. The van der Waals surface area contributed by atoms with Crippen molar-refractivity contribution in [3.63, 3.8) is 0 Å². The molecular formula is C16H34N2. The Hall–Kier alpha value is -0.0800. The lowest BCUT2D eigenvalue weighted by molar-refractivity contribution is 0.0707. The van der Waals surface area contributed by atoms with Crippen molar-refractivity contribution in [2.75, 3.05) is 14.1 Å². The zero-order valence-corrected chi connectivity index (χ0v) is 13.4. The molecule has 1 N–H and O–H groups in total. The molecule has 3 atom stereocenters. The van der Waals surface area contributed by atoms with E-state index in [2.05, 4.69) is 52.0 Å². The molecule has 1 aliphatic rings. The van der Waals surface area contributed by atoms with E-state index >= 15 is 0 Å². The topological polar surface area (TPSA) is 15.3 Å². The number of nitrogens with one attached hydrogen (secondary N) is 1. The Bertz CT molecular complexity index is 223. The van der Waals surface area contributed by atoms with Crippen LogP contribution >= 0.6 is 0 Å². The van der Waals surface area contributed by atoms with E-state index in [1.807, 2.05) is 0 Å². The minimum Gasteiger partial charge on any atom is -0.315 e. The van der Waals surface area contributed by atoms with Gasteiger partial charge in [-0.1, -0.05) is 27.7 Å². The van der Waals surface area contributed by atoms with E-state index in [0.717, 1.165) is 23.9 Å². The van der Waals surface area contributed by atoms with E-state index in [4.69, 9.17) is 0 Å². The summed E-state index contributed by atoms with van der Waals surface area (Å²) in [6.45, 7) is 9.42. The molecule has 0 aromatic rings. The van der Waals surface area contributed by atoms with Crippen LogP contribution in [0.2, 0.25) is 0 Å². The van der Waals surface area contributed by atoms with Gasteiger partial charge in [0.1, 0.15) is 0 Å². The van der Waals surface area contributed by atoms with Crippen LogP contribution < -0.4 is 5.32 Å². The Morgan fingerprint density at radius 2 is 1.78 bits per heavy atom. The monoisotopic (exact) mass is 254 g/mol. The van der Waals surface area contributed by atoms with Crippen LogP contribution in [0, 0.1) is 11.8 Å². The molecule has 3 unspecified atom stereocenters. The Kier molecular flexibility index (Phi) is 6.65. The van der Waals surface area contributed by atoms with Crippen molar-refractivity contribution in [2.24, 2.45) is 11.8 Å². The molecule has 0 aromatic heterocycles. The average Bonchev–Trinajstić information content (AvgIpc) is 2.39. The van der Waals surface area contributed by atoms with Gasteiger partial charge in [-0.15, -0.1) is 0 Å². The quantitative estimate of drug-likeness (QED) is 0.780. The number of hydrogen-bond donors (Lipinski definition) is 1. The molecule has 0 aromatic carbocycles. The maximum absolute atomic E-state index is 3.56. The third-order valence-electron chi connectivity index (χ3n) is 5.21. The third kappa shape index (κ3) is 3.71. The fourth-order valence-electron chi connectivity index (χ4n) is 3.71. The largest absolute Gasteiger partial charge is 0.315 e. The van der Waals surface area contributed by atoms with E-state index in [-0.39, 0.29) is 0 Å². The minimum absolute atomic E-state index is 0.686. The highest BCUT2D eigenvalue weighted by atomic mass is 15.2. The van der Waals surface area contributed by atoms with Crippen LogP contribution in [0.15, 0.2) is 0 Å². The van der Waals surface area contributed by atoms with Gasteiger partial charge in [-0.3, -0.25) is 4.90 Å². The second kappa shape index (κ2) is 7.49. The van der Waals surface area contributed by atoms with Crippen molar-refractivity contribution < 1.29 is 0 Å². The molecule has 0 aliphatic heterocycles. The smallest absolute Gasteiger partial charge is 0.0251 e. The van der Waals surface area contributed by atoms with E-state index in [1.54, 1.807) is 0 Å². The molecule has 0 spiro atoms. The SMILES string of the molecule is CCC(CC)N(C)C1CC(C(C)C)CCC1NC. The summed E-state index contributed by atoms with van der Waals surface area (Å²) >= 11 is 0. The first kappa shape index (κ1) is 16.0. The van der Waals surface area contributed by atoms with E-state index in [0.29, 0.717) is 6.04 Å². The molecule has 2 nitrogen and oxygen atoms in total. The lowest BCUT2D eigenvalue weighted by Crippen LogP contribution is -2.54. The molecule has 1 saturated carbocycles. The highest BCUT2D eigenvalue weighted by Crippen LogP contribution is 2.33. The molecule has 1 rings (SSSR count). The number of likely N-dealkylation sites (N-methyl/N-ethyl adjacent to an activating group) is 2. The summed E-state index contributed by atoms with van der Waals surface area (Å²) in [5, 5.41) is 3.56. The lowest BCUT2D eigenvalue weighted by atomic mass is 9.76. The van der Waals surface area contributed by atoms with E-state index in [1.165, 1.54) is 32.1 Å². The van der Waals surface area contributed by atoms with Crippen molar-refractivity contribution in [3.8, 4) is 0 Å². The molecule has 0 amide bonds. The second-order valence-corrected chi connectivity index (χ2v) is 6.42. The maximum Gasteiger partial charge on any atom is 0.0251 e. The molecule has 108 valence electrons. The summed E-state index contributed by atoms with van der Waals surface area (Å²) in [6.07, 6.45) is 6.65. The van der Waals surface area contributed by atoms with Gasteiger partial charge in [-0.05, 0) is 58.0 Å². The molecule has 0 heterocycles. The number of rotatable bonds is 6. The molecule has 2 heteroatoms. The van der Waals surface area contributed by atoms with E-state index in [9.17, 15) is 0 Å². The van der Waals surface area contributed by atoms with Crippen LogP contribution in [-0.2, 0) is 0 Å². The Morgan fingerprint density at radius 1 is 1.17 bits per heavy atom. The first-order chi connectivity index (χ1) is 8.54. The normalized spacial score (nSPS) is 29.5. The predicted molar refractivity (Wildman–Crippen MR) is 80.9 cm³/mol. The van der Waals surface area contributed by atoms with Gasteiger partial charge in [-0.2, -0.15) is 0 Å². The molecule has 0 saturated heterocycles. The molecule has 0 radical (unpaired) electrons. The minimum atomic E-state index is 0.686. The van der Waals surface area contributed by atoms with Crippen LogP contribution in [-0.4, -0.2) is 37.1 Å². The number of nitrogens with zero attached hydrogens (tertiary/aromatic N) is 1. The van der Waals surface area contributed by atoms with Crippen molar-refractivity contribution in [1.29, 1.82) is 0 Å². The fraction of sp³-hybridized carbons (Fsp3) is 1.00. The first-order valence-electron chi connectivity index (χ1n) is 7.94. The lowest BCUT2D eigenvalue weighted by Gasteiger charge is -2.45. The fourth-order valence-corrected chi connectivity index (χ4v) is 3.71. The van der Waals surface area contributed by atoms with Crippen LogP contribution in [0.1, 0.15) is 59.8 Å². The van der Waals surface area contributed by atoms with Gasteiger partial charge >= 0.3 is 0 Å². The molecule has 18 heavy (non-hydrogen) atoms. The van der Waals surface area contributed by atoms with E-state index < -0.39 is 0 Å². The van der Waals surface area contributed by atoms with Crippen LogP contribution in [0.25, 0.3) is 0 Å². The zero-order chi connectivity index (χ0) is 13.7. The molecule has 1 aliphatic carbocycles. The van der Waals surface area contributed by atoms with Gasteiger partial charge in [0.15, 0.2) is 0 Å². The average molecular weight is 254 g/mol. The standard InChI is InChI=1S/C16H34N2/c1-7-14(8-2)18(6)16-11-13(12(3)4)9-10-15(16)17-5/h12-17H,7-11H2,1-6H3. The second-order valence-electron chi connectivity index (χ2n) is 6.42. The summed E-state index contributed by atoms with van der Waals surface area (Å²) in [5.41, 5.74) is 0. The van der Waals surface area contributed by atoms with Gasteiger partial charge in [0.2, 0.25) is 0 Å². The van der Waals surface area contributed by atoms with Gasteiger partial charge in [0.05, 0.1) is 0 Å². The first-order valence-corrected chi connectivity index (χ1v) is 7.94. The maximum atomic E-state index is 3.56. The van der Waals surface area contributed by atoms with Crippen molar-refractivity contribution in [1.82, 2.24) is 10.2 Å². The van der Waals surface area contributed by atoms with Gasteiger partial charge in [0.25, 0.3) is 0 Å². The summed E-state index contributed by atoms with van der Waals surface area (Å²) in [6, 6.07) is 2.16. The van der Waals surface area contributed by atoms with Gasteiger partial charge in [-0.25, -0.2) is 0 Å². The molecule has 0 bridgehead atoms. The van der Waals surface area contributed by atoms with Gasteiger partial charge < -0.3 is 5.32 Å². The molecule has 1 fully saturated rings. The summed E-state index contributed by atoms with van der Waals surface area (Å²) in [7, 11) is 4.48. The Balaban J connectivity index is 2.72. The highest BCUT2D eigenvalue weighted by Gasteiger charge is 2.34.